The fourth-order valence-electron chi connectivity index (χ4n) is 1.63. The van der Waals surface area contributed by atoms with E-state index in [-0.39, 0.29) is 5.91 Å². The third-order valence-electron chi connectivity index (χ3n) is 2.64. The van der Waals surface area contributed by atoms with E-state index in [1.165, 1.54) is 0 Å². The maximum atomic E-state index is 12.0. The van der Waals surface area contributed by atoms with Crippen LogP contribution in [-0.4, -0.2) is 10.9 Å². The third-order valence-corrected chi connectivity index (χ3v) is 2.64. The lowest BCUT2D eigenvalue weighted by atomic mass is 10.1. The highest BCUT2D eigenvalue weighted by Gasteiger charge is 2.09. The number of aromatic nitrogens is 1. The van der Waals surface area contributed by atoms with Crippen LogP contribution in [0, 0.1) is 13.8 Å². The molecule has 0 aliphatic rings. The fraction of sp³-hybridized carbons (Fsp3) is 0.143. The van der Waals surface area contributed by atoms with Crippen molar-refractivity contribution in [3.8, 4) is 0 Å². The maximum Gasteiger partial charge on any atom is 0.257 e. The van der Waals surface area contributed by atoms with Gasteiger partial charge >= 0.3 is 0 Å². The molecule has 0 saturated heterocycles. The number of nitrogens with one attached hydrogen (secondary N) is 1. The molecule has 2 aromatic rings. The predicted molar refractivity (Wildman–Crippen MR) is 68.1 cm³/mol. The van der Waals surface area contributed by atoms with E-state index in [9.17, 15) is 4.79 Å². The Bertz CT molecular complexity index is 549. The standard InChI is InChI=1S/C14H14N2O/c1-10-6-3-4-8-13(10)16-14(17)12-7-5-9-15-11(12)2/h3-9H,1-2H3,(H,16,17). The molecule has 0 atom stereocenters. The lowest BCUT2D eigenvalue weighted by Gasteiger charge is -2.09. The van der Waals surface area contributed by atoms with Crippen molar-refractivity contribution < 1.29 is 4.79 Å². The van der Waals surface area contributed by atoms with Crippen molar-refractivity contribution in [2.45, 2.75) is 13.8 Å². The Morgan fingerprint density at radius 3 is 2.59 bits per heavy atom. The molecule has 1 heterocycles. The van der Waals surface area contributed by atoms with E-state index in [1.807, 2.05) is 38.1 Å². The minimum atomic E-state index is -0.120. The van der Waals surface area contributed by atoms with Gasteiger partial charge in [0.25, 0.3) is 5.91 Å². The van der Waals surface area contributed by atoms with Crippen LogP contribution in [0.1, 0.15) is 21.6 Å². The van der Waals surface area contributed by atoms with E-state index >= 15 is 0 Å². The van der Waals surface area contributed by atoms with Crippen molar-refractivity contribution in [3.05, 3.63) is 59.4 Å². The van der Waals surface area contributed by atoms with Crippen LogP contribution in [0.3, 0.4) is 0 Å². The third kappa shape index (κ3) is 2.50. The summed E-state index contributed by atoms with van der Waals surface area (Å²) in [6.45, 7) is 3.79. The van der Waals surface area contributed by atoms with E-state index in [0.717, 1.165) is 16.9 Å². The van der Waals surface area contributed by atoms with E-state index in [4.69, 9.17) is 0 Å². The molecule has 0 bridgehead atoms. The van der Waals surface area contributed by atoms with Gasteiger partial charge in [-0.2, -0.15) is 0 Å². The van der Waals surface area contributed by atoms with Crippen LogP contribution in [-0.2, 0) is 0 Å². The first kappa shape index (κ1) is 11.3. The van der Waals surface area contributed by atoms with Gasteiger partial charge in [0.15, 0.2) is 0 Å². The summed E-state index contributed by atoms with van der Waals surface area (Å²) in [6, 6.07) is 11.2. The number of amides is 1. The second kappa shape index (κ2) is 4.78. The predicted octanol–water partition coefficient (Wildman–Crippen LogP) is 2.95. The topological polar surface area (TPSA) is 42.0 Å². The zero-order valence-electron chi connectivity index (χ0n) is 9.90. The molecular weight excluding hydrogens is 212 g/mol. The highest BCUT2D eigenvalue weighted by Crippen LogP contribution is 2.15. The Hall–Kier alpha value is -2.16. The van der Waals surface area contributed by atoms with E-state index in [0.29, 0.717) is 5.56 Å². The van der Waals surface area contributed by atoms with Gasteiger partial charge in [-0.3, -0.25) is 9.78 Å². The summed E-state index contributed by atoms with van der Waals surface area (Å²) in [7, 11) is 0. The highest BCUT2D eigenvalue weighted by molar-refractivity contribution is 6.05. The van der Waals surface area contributed by atoms with Crippen molar-refractivity contribution in [2.24, 2.45) is 0 Å². The zero-order valence-corrected chi connectivity index (χ0v) is 9.90. The van der Waals surface area contributed by atoms with Crippen molar-refractivity contribution >= 4 is 11.6 Å². The molecule has 2 rings (SSSR count). The summed E-state index contributed by atoms with van der Waals surface area (Å²) < 4.78 is 0. The fourth-order valence-corrected chi connectivity index (χ4v) is 1.63. The smallest absolute Gasteiger partial charge is 0.257 e. The Balaban J connectivity index is 2.24. The number of hydrogen-bond donors (Lipinski definition) is 1. The minimum Gasteiger partial charge on any atom is -0.322 e. The number of anilines is 1. The highest BCUT2D eigenvalue weighted by atomic mass is 16.1. The number of rotatable bonds is 2. The largest absolute Gasteiger partial charge is 0.322 e. The number of nitrogens with zero attached hydrogens (tertiary/aromatic N) is 1. The van der Waals surface area contributed by atoms with Crippen LogP contribution in [0.4, 0.5) is 5.69 Å². The summed E-state index contributed by atoms with van der Waals surface area (Å²) in [5.74, 6) is -0.120. The van der Waals surface area contributed by atoms with E-state index < -0.39 is 0 Å². The average molecular weight is 226 g/mol. The molecular formula is C14H14N2O. The molecule has 0 unspecified atom stereocenters. The van der Waals surface area contributed by atoms with Crippen LogP contribution >= 0.6 is 0 Å². The molecule has 3 nitrogen and oxygen atoms in total. The van der Waals surface area contributed by atoms with Crippen LogP contribution in [0.2, 0.25) is 0 Å². The summed E-state index contributed by atoms with van der Waals surface area (Å²) in [5.41, 5.74) is 3.22. The molecule has 17 heavy (non-hydrogen) atoms. The molecule has 0 fully saturated rings. The van der Waals surface area contributed by atoms with Gasteiger partial charge in [-0.25, -0.2) is 0 Å². The summed E-state index contributed by atoms with van der Waals surface area (Å²) in [5, 5.41) is 2.89. The molecule has 3 heteroatoms. The Labute approximate surface area is 101 Å². The van der Waals surface area contributed by atoms with Gasteiger partial charge in [0.1, 0.15) is 0 Å². The molecule has 86 valence electrons. The van der Waals surface area contributed by atoms with Crippen LogP contribution in [0.25, 0.3) is 0 Å². The van der Waals surface area contributed by atoms with Gasteiger partial charge in [0.05, 0.1) is 5.56 Å². The number of pyridine rings is 1. The summed E-state index contributed by atoms with van der Waals surface area (Å²) in [4.78, 5) is 16.1. The van der Waals surface area contributed by atoms with Crippen molar-refractivity contribution in [3.63, 3.8) is 0 Å². The second-order valence-corrected chi connectivity index (χ2v) is 3.91. The lowest BCUT2D eigenvalue weighted by Crippen LogP contribution is -2.14. The number of carbonyl (C=O) groups excluding carboxylic acids is 1. The molecule has 0 aliphatic heterocycles. The molecule has 1 N–H and O–H groups in total. The molecule has 0 spiro atoms. The molecule has 0 saturated carbocycles. The monoisotopic (exact) mass is 226 g/mol. The van der Waals surface area contributed by atoms with Crippen molar-refractivity contribution in [1.29, 1.82) is 0 Å². The molecule has 0 radical (unpaired) electrons. The molecule has 1 aromatic carbocycles. The van der Waals surface area contributed by atoms with Crippen LogP contribution < -0.4 is 5.32 Å². The van der Waals surface area contributed by atoms with Crippen LogP contribution in [0.15, 0.2) is 42.6 Å². The summed E-state index contributed by atoms with van der Waals surface area (Å²) >= 11 is 0. The molecule has 1 amide bonds. The lowest BCUT2D eigenvalue weighted by molar-refractivity contribution is 0.102. The Kier molecular flexibility index (Phi) is 3.19. The van der Waals surface area contributed by atoms with E-state index in [2.05, 4.69) is 10.3 Å². The first-order valence-electron chi connectivity index (χ1n) is 5.47. The SMILES string of the molecule is Cc1ccccc1NC(=O)c1cccnc1C. The zero-order chi connectivity index (χ0) is 12.3. The normalized spacial score (nSPS) is 10.0. The number of aryl methyl sites for hydroxylation is 2. The Morgan fingerprint density at radius 1 is 1.12 bits per heavy atom. The van der Waals surface area contributed by atoms with E-state index in [1.54, 1.807) is 18.3 Å². The number of carbonyl (C=O) groups is 1. The van der Waals surface area contributed by atoms with Crippen molar-refractivity contribution in [1.82, 2.24) is 4.98 Å². The van der Waals surface area contributed by atoms with Gasteiger partial charge < -0.3 is 5.32 Å². The molecule has 0 aliphatic carbocycles. The van der Waals surface area contributed by atoms with Gasteiger partial charge in [-0.1, -0.05) is 18.2 Å². The first-order chi connectivity index (χ1) is 8.18. The van der Waals surface area contributed by atoms with Gasteiger partial charge in [0, 0.05) is 17.6 Å². The summed E-state index contributed by atoms with van der Waals surface area (Å²) in [6.07, 6.45) is 1.68. The van der Waals surface area contributed by atoms with Gasteiger partial charge in [-0.05, 0) is 37.6 Å². The average Bonchev–Trinajstić information content (AvgIpc) is 2.32. The Morgan fingerprint density at radius 2 is 1.88 bits per heavy atom. The quantitative estimate of drug-likeness (QED) is 0.855. The maximum absolute atomic E-state index is 12.0. The van der Waals surface area contributed by atoms with Crippen molar-refractivity contribution in [2.75, 3.05) is 5.32 Å². The second-order valence-electron chi connectivity index (χ2n) is 3.91. The molecule has 1 aromatic heterocycles. The van der Waals surface area contributed by atoms with Gasteiger partial charge in [0.2, 0.25) is 0 Å². The number of para-hydroxylation sites is 1. The van der Waals surface area contributed by atoms with Crippen LogP contribution in [0.5, 0.6) is 0 Å². The van der Waals surface area contributed by atoms with Gasteiger partial charge in [-0.15, -0.1) is 0 Å². The number of hydrogen-bond acceptors (Lipinski definition) is 2. The first-order valence-corrected chi connectivity index (χ1v) is 5.47. The number of benzene rings is 1. The minimum absolute atomic E-state index is 0.120.